The molecule has 2 saturated heterocycles. The van der Waals surface area contributed by atoms with Crippen LogP contribution in [0.5, 0.6) is 5.88 Å². The van der Waals surface area contributed by atoms with Crippen molar-refractivity contribution in [2.75, 3.05) is 37.7 Å². The van der Waals surface area contributed by atoms with Gasteiger partial charge in [0.15, 0.2) is 6.61 Å². The van der Waals surface area contributed by atoms with Crippen LogP contribution in [-0.2, 0) is 22.5 Å². The minimum absolute atomic E-state index is 0.0979. The number of piperazine rings is 1. The summed E-state index contributed by atoms with van der Waals surface area (Å²) in [4.78, 5) is 18.7. The SMILES string of the molecule is CCOC(=O)COc1cc(N2CC3CCC(C2)N3)c2c(n1)CNCC2. The first-order chi connectivity index (χ1) is 12.2. The zero-order chi connectivity index (χ0) is 17.2. The van der Waals surface area contributed by atoms with Gasteiger partial charge >= 0.3 is 5.97 Å². The molecule has 0 spiro atoms. The summed E-state index contributed by atoms with van der Waals surface area (Å²) < 4.78 is 10.6. The second kappa shape index (κ2) is 7.17. The summed E-state index contributed by atoms with van der Waals surface area (Å²) in [6, 6.07) is 3.16. The molecule has 0 amide bonds. The van der Waals surface area contributed by atoms with Crippen molar-refractivity contribution in [3.05, 3.63) is 17.3 Å². The molecular formula is C18H26N4O3. The highest BCUT2D eigenvalue weighted by atomic mass is 16.6. The summed E-state index contributed by atoms with van der Waals surface area (Å²) in [6.07, 6.45) is 3.49. The van der Waals surface area contributed by atoms with Crippen molar-refractivity contribution in [2.45, 2.75) is 44.8 Å². The molecule has 3 aliphatic heterocycles. The van der Waals surface area contributed by atoms with E-state index in [9.17, 15) is 4.79 Å². The summed E-state index contributed by atoms with van der Waals surface area (Å²) >= 11 is 0. The number of fused-ring (bicyclic) bond motifs is 3. The zero-order valence-electron chi connectivity index (χ0n) is 14.7. The van der Waals surface area contributed by atoms with Gasteiger partial charge in [0.05, 0.1) is 12.3 Å². The minimum Gasteiger partial charge on any atom is -0.466 e. The predicted octanol–water partition coefficient (Wildman–Crippen LogP) is 0.610. The number of aromatic nitrogens is 1. The van der Waals surface area contributed by atoms with Crippen molar-refractivity contribution in [2.24, 2.45) is 0 Å². The molecule has 136 valence electrons. The Hall–Kier alpha value is -1.86. The highest BCUT2D eigenvalue weighted by Crippen LogP contribution is 2.33. The van der Waals surface area contributed by atoms with Crippen LogP contribution < -0.4 is 20.3 Å². The summed E-state index contributed by atoms with van der Waals surface area (Å²) in [7, 11) is 0. The van der Waals surface area contributed by atoms with Gasteiger partial charge in [-0.15, -0.1) is 0 Å². The third kappa shape index (κ3) is 3.57. The molecule has 7 nitrogen and oxygen atoms in total. The number of pyridine rings is 1. The molecule has 0 saturated carbocycles. The molecule has 7 heteroatoms. The van der Waals surface area contributed by atoms with Crippen molar-refractivity contribution in [3.63, 3.8) is 0 Å². The molecule has 4 heterocycles. The fraction of sp³-hybridized carbons (Fsp3) is 0.667. The second-order valence-corrected chi connectivity index (χ2v) is 6.97. The van der Waals surface area contributed by atoms with E-state index in [1.165, 1.54) is 24.1 Å². The van der Waals surface area contributed by atoms with E-state index in [4.69, 9.17) is 9.47 Å². The fourth-order valence-electron chi connectivity index (χ4n) is 4.11. The van der Waals surface area contributed by atoms with Gasteiger partial charge in [-0.1, -0.05) is 0 Å². The molecule has 0 aromatic carbocycles. The number of nitrogens with zero attached hydrogens (tertiary/aromatic N) is 2. The number of hydrogen-bond acceptors (Lipinski definition) is 7. The number of carbonyl (C=O) groups is 1. The van der Waals surface area contributed by atoms with E-state index in [1.54, 1.807) is 6.92 Å². The van der Waals surface area contributed by atoms with Gasteiger partial charge in [-0.2, -0.15) is 0 Å². The van der Waals surface area contributed by atoms with E-state index in [1.807, 2.05) is 6.07 Å². The maximum absolute atomic E-state index is 11.6. The van der Waals surface area contributed by atoms with Crippen molar-refractivity contribution in [1.82, 2.24) is 15.6 Å². The standard InChI is InChI=1S/C18H26N4O3/c1-2-24-18(23)11-25-17-7-16(14-5-6-19-8-15(14)21-17)22-9-12-3-4-13(10-22)20-12/h7,12-13,19-20H,2-6,8-11H2,1H3. The smallest absolute Gasteiger partial charge is 0.344 e. The average Bonchev–Trinajstić information content (AvgIpc) is 2.97. The topological polar surface area (TPSA) is 75.7 Å². The number of anilines is 1. The first-order valence-electron chi connectivity index (χ1n) is 9.26. The lowest BCUT2D eigenvalue weighted by Gasteiger charge is -2.37. The Kier molecular flexibility index (Phi) is 4.76. The number of rotatable bonds is 5. The van der Waals surface area contributed by atoms with Crippen molar-refractivity contribution < 1.29 is 14.3 Å². The van der Waals surface area contributed by atoms with Crippen LogP contribution in [0, 0.1) is 0 Å². The van der Waals surface area contributed by atoms with E-state index in [2.05, 4.69) is 20.5 Å². The average molecular weight is 346 g/mol. The Morgan fingerprint density at radius 2 is 2.16 bits per heavy atom. The van der Waals surface area contributed by atoms with Crippen LogP contribution in [0.2, 0.25) is 0 Å². The summed E-state index contributed by atoms with van der Waals surface area (Å²) in [5.41, 5.74) is 3.58. The fourth-order valence-corrected chi connectivity index (χ4v) is 4.11. The molecule has 0 radical (unpaired) electrons. The van der Waals surface area contributed by atoms with E-state index >= 15 is 0 Å². The highest BCUT2D eigenvalue weighted by Gasteiger charge is 2.34. The van der Waals surface area contributed by atoms with E-state index in [0.29, 0.717) is 24.6 Å². The van der Waals surface area contributed by atoms with Crippen LogP contribution in [-0.4, -0.2) is 55.9 Å². The van der Waals surface area contributed by atoms with E-state index in [0.717, 1.165) is 38.3 Å². The number of ether oxygens (including phenoxy) is 2. The van der Waals surface area contributed by atoms with Gasteiger partial charge in [-0.3, -0.25) is 0 Å². The highest BCUT2D eigenvalue weighted by molar-refractivity contribution is 5.71. The Morgan fingerprint density at radius 3 is 2.92 bits per heavy atom. The summed E-state index contributed by atoms with van der Waals surface area (Å²) in [6.45, 7) is 5.83. The van der Waals surface area contributed by atoms with Gasteiger partial charge in [-0.25, -0.2) is 9.78 Å². The molecular weight excluding hydrogens is 320 g/mol. The molecule has 2 atom stereocenters. The molecule has 0 aliphatic carbocycles. The lowest BCUT2D eigenvalue weighted by molar-refractivity contribution is -0.145. The maximum Gasteiger partial charge on any atom is 0.344 e. The molecule has 2 bridgehead atoms. The lowest BCUT2D eigenvalue weighted by atomic mass is 10.0. The predicted molar refractivity (Wildman–Crippen MR) is 93.9 cm³/mol. The van der Waals surface area contributed by atoms with Crippen molar-refractivity contribution in [1.29, 1.82) is 0 Å². The first-order valence-corrected chi connectivity index (χ1v) is 9.26. The third-order valence-electron chi connectivity index (χ3n) is 5.21. The van der Waals surface area contributed by atoms with Crippen LogP contribution in [0.4, 0.5) is 5.69 Å². The number of esters is 1. The van der Waals surface area contributed by atoms with Gasteiger partial charge in [-0.05, 0) is 38.3 Å². The Balaban J connectivity index is 1.58. The molecule has 1 aromatic heterocycles. The Labute approximate surface area is 148 Å². The van der Waals surface area contributed by atoms with Crippen molar-refractivity contribution >= 4 is 11.7 Å². The van der Waals surface area contributed by atoms with Crippen LogP contribution in [0.25, 0.3) is 0 Å². The van der Waals surface area contributed by atoms with Gasteiger partial charge in [0.25, 0.3) is 0 Å². The molecule has 2 fully saturated rings. The normalized spacial score (nSPS) is 24.8. The summed E-state index contributed by atoms with van der Waals surface area (Å²) in [5.74, 6) is 0.151. The Bertz CT molecular complexity index is 639. The third-order valence-corrected chi connectivity index (χ3v) is 5.21. The van der Waals surface area contributed by atoms with Gasteiger partial charge in [0.1, 0.15) is 0 Å². The molecule has 2 N–H and O–H groups in total. The van der Waals surface area contributed by atoms with Crippen LogP contribution in [0.3, 0.4) is 0 Å². The van der Waals surface area contributed by atoms with Crippen LogP contribution in [0.1, 0.15) is 31.0 Å². The Morgan fingerprint density at radius 1 is 1.36 bits per heavy atom. The molecule has 2 unspecified atom stereocenters. The van der Waals surface area contributed by atoms with E-state index in [-0.39, 0.29) is 12.6 Å². The second-order valence-electron chi connectivity index (χ2n) is 6.97. The quantitative estimate of drug-likeness (QED) is 0.757. The number of hydrogen-bond donors (Lipinski definition) is 2. The molecule has 4 rings (SSSR count). The van der Waals surface area contributed by atoms with Gasteiger partial charge in [0.2, 0.25) is 5.88 Å². The number of carbonyl (C=O) groups excluding carboxylic acids is 1. The van der Waals surface area contributed by atoms with Crippen molar-refractivity contribution in [3.8, 4) is 5.88 Å². The zero-order valence-corrected chi connectivity index (χ0v) is 14.7. The monoisotopic (exact) mass is 346 g/mol. The molecule has 3 aliphatic rings. The lowest BCUT2D eigenvalue weighted by Crippen LogP contribution is -2.51. The van der Waals surface area contributed by atoms with Crippen LogP contribution in [0.15, 0.2) is 6.07 Å². The maximum atomic E-state index is 11.6. The van der Waals surface area contributed by atoms with E-state index < -0.39 is 0 Å². The van der Waals surface area contributed by atoms with Gasteiger partial charge in [0, 0.05) is 43.5 Å². The van der Waals surface area contributed by atoms with Crippen LogP contribution >= 0.6 is 0 Å². The largest absolute Gasteiger partial charge is 0.466 e. The minimum atomic E-state index is -0.359. The van der Waals surface area contributed by atoms with Gasteiger partial charge < -0.3 is 25.0 Å². The summed E-state index contributed by atoms with van der Waals surface area (Å²) in [5, 5.41) is 7.05. The first kappa shape index (κ1) is 16.6. The molecule has 25 heavy (non-hydrogen) atoms. The number of nitrogens with one attached hydrogen (secondary N) is 2. The molecule has 1 aromatic rings.